The molecule has 1 amide bonds. The predicted octanol–water partition coefficient (Wildman–Crippen LogP) is 1.50. The Balaban J connectivity index is 2.04. The summed E-state index contributed by atoms with van der Waals surface area (Å²) < 4.78 is 5.36. The van der Waals surface area contributed by atoms with Gasteiger partial charge < -0.3 is 15.0 Å². The van der Waals surface area contributed by atoms with Gasteiger partial charge in [0.15, 0.2) is 0 Å². The van der Waals surface area contributed by atoms with Crippen LogP contribution in [0.15, 0.2) is 30.0 Å². The molecule has 0 bridgehead atoms. The van der Waals surface area contributed by atoms with Crippen LogP contribution in [0.1, 0.15) is 19.4 Å². The molecule has 2 heterocycles. The van der Waals surface area contributed by atoms with Crippen LogP contribution in [-0.2, 0) is 16.1 Å². The Kier molecular flexibility index (Phi) is 5.12. The Labute approximate surface area is 119 Å². The lowest BCUT2D eigenvalue weighted by Gasteiger charge is -2.29. The number of hydrogen-bond donors (Lipinski definition) is 1. The van der Waals surface area contributed by atoms with Crippen molar-refractivity contribution in [1.29, 1.82) is 0 Å². The van der Waals surface area contributed by atoms with Crippen LogP contribution in [0.4, 0.5) is 5.82 Å². The fraction of sp³-hybridized carbons (Fsp3) is 0.467. The molecule has 0 aromatic carbocycles. The Morgan fingerprint density at radius 2 is 2.20 bits per heavy atom. The van der Waals surface area contributed by atoms with E-state index in [2.05, 4.69) is 15.2 Å². The van der Waals surface area contributed by atoms with Gasteiger partial charge in [-0.05, 0) is 19.9 Å². The van der Waals surface area contributed by atoms with E-state index in [9.17, 15) is 4.79 Å². The van der Waals surface area contributed by atoms with Crippen molar-refractivity contribution >= 4 is 11.7 Å². The number of allylic oxidation sites excluding steroid dienone is 1. The van der Waals surface area contributed by atoms with Crippen LogP contribution in [0, 0.1) is 0 Å². The number of anilines is 1. The van der Waals surface area contributed by atoms with Crippen molar-refractivity contribution in [3.63, 3.8) is 0 Å². The summed E-state index contributed by atoms with van der Waals surface area (Å²) in [4.78, 5) is 18.3. The molecule has 1 saturated heterocycles. The van der Waals surface area contributed by atoms with Gasteiger partial charge in [0, 0.05) is 37.5 Å². The molecule has 0 saturated carbocycles. The summed E-state index contributed by atoms with van der Waals surface area (Å²) in [6.07, 6.45) is 3.39. The van der Waals surface area contributed by atoms with E-state index in [1.54, 1.807) is 12.3 Å². The minimum Gasteiger partial charge on any atom is -0.378 e. The number of hydrogen-bond acceptors (Lipinski definition) is 4. The monoisotopic (exact) mass is 275 g/mol. The van der Waals surface area contributed by atoms with Gasteiger partial charge in [-0.15, -0.1) is 0 Å². The average Bonchev–Trinajstić information content (AvgIpc) is 2.46. The van der Waals surface area contributed by atoms with Gasteiger partial charge in [-0.2, -0.15) is 0 Å². The second kappa shape index (κ2) is 7.05. The van der Waals surface area contributed by atoms with Crippen molar-refractivity contribution in [2.45, 2.75) is 20.4 Å². The lowest BCUT2D eigenvalue weighted by atomic mass is 10.2. The van der Waals surface area contributed by atoms with E-state index >= 15 is 0 Å². The first-order chi connectivity index (χ1) is 9.66. The van der Waals surface area contributed by atoms with Gasteiger partial charge in [-0.3, -0.25) is 4.79 Å². The van der Waals surface area contributed by atoms with E-state index in [1.165, 1.54) is 0 Å². The van der Waals surface area contributed by atoms with Crippen LogP contribution in [0.5, 0.6) is 0 Å². The van der Waals surface area contributed by atoms with E-state index in [0.717, 1.165) is 43.3 Å². The molecular weight excluding hydrogens is 254 g/mol. The summed E-state index contributed by atoms with van der Waals surface area (Å²) in [5, 5.41) is 2.90. The SMILES string of the molecule is CC(C)=CC(=O)NCc1cccnc1N1CCOCC1. The lowest BCUT2D eigenvalue weighted by Crippen LogP contribution is -2.37. The number of amides is 1. The van der Waals surface area contributed by atoms with Crippen LogP contribution in [-0.4, -0.2) is 37.2 Å². The zero-order valence-electron chi connectivity index (χ0n) is 12.1. The van der Waals surface area contributed by atoms with Crippen molar-refractivity contribution in [2.24, 2.45) is 0 Å². The van der Waals surface area contributed by atoms with Crippen molar-refractivity contribution in [1.82, 2.24) is 10.3 Å². The maximum atomic E-state index is 11.7. The Morgan fingerprint density at radius 1 is 1.45 bits per heavy atom. The zero-order chi connectivity index (χ0) is 14.4. The molecule has 5 nitrogen and oxygen atoms in total. The first kappa shape index (κ1) is 14.5. The highest BCUT2D eigenvalue weighted by atomic mass is 16.5. The van der Waals surface area contributed by atoms with Crippen LogP contribution < -0.4 is 10.2 Å². The fourth-order valence-electron chi connectivity index (χ4n) is 2.12. The normalized spacial score (nSPS) is 14.8. The molecule has 0 radical (unpaired) electrons. The molecule has 0 unspecified atom stereocenters. The molecule has 0 atom stereocenters. The van der Waals surface area contributed by atoms with Gasteiger partial charge in [0.1, 0.15) is 5.82 Å². The molecule has 1 aliphatic rings. The molecule has 0 spiro atoms. The van der Waals surface area contributed by atoms with Crippen molar-refractivity contribution in [3.05, 3.63) is 35.5 Å². The zero-order valence-corrected chi connectivity index (χ0v) is 12.1. The third-order valence-electron chi connectivity index (χ3n) is 3.05. The number of rotatable bonds is 4. The number of nitrogens with one attached hydrogen (secondary N) is 1. The molecule has 108 valence electrons. The highest BCUT2D eigenvalue weighted by Crippen LogP contribution is 2.18. The standard InChI is InChI=1S/C15H21N3O2/c1-12(2)10-14(19)17-11-13-4-3-5-16-15(13)18-6-8-20-9-7-18/h3-5,10H,6-9,11H2,1-2H3,(H,17,19). The van der Waals surface area contributed by atoms with Crippen LogP contribution in [0.25, 0.3) is 0 Å². The molecule has 5 heteroatoms. The summed E-state index contributed by atoms with van der Waals surface area (Å²) in [7, 11) is 0. The number of morpholine rings is 1. The van der Waals surface area contributed by atoms with Crippen molar-refractivity contribution < 1.29 is 9.53 Å². The van der Waals surface area contributed by atoms with E-state index in [1.807, 2.05) is 26.0 Å². The van der Waals surface area contributed by atoms with Gasteiger partial charge in [0.25, 0.3) is 0 Å². The van der Waals surface area contributed by atoms with Crippen LogP contribution in [0.3, 0.4) is 0 Å². The first-order valence-electron chi connectivity index (χ1n) is 6.86. The van der Waals surface area contributed by atoms with Crippen molar-refractivity contribution in [2.75, 3.05) is 31.2 Å². The largest absolute Gasteiger partial charge is 0.378 e. The number of ether oxygens (including phenoxy) is 1. The molecular formula is C15H21N3O2. The summed E-state index contributed by atoms with van der Waals surface area (Å²) in [6, 6.07) is 3.90. The molecule has 1 N–H and O–H groups in total. The number of nitrogens with zero attached hydrogens (tertiary/aromatic N) is 2. The highest BCUT2D eigenvalue weighted by molar-refractivity contribution is 5.88. The molecule has 1 fully saturated rings. The third-order valence-corrected chi connectivity index (χ3v) is 3.05. The summed E-state index contributed by atoms with van der Waals surface area (Å²) in [6.45, 7) is 7.42. The van der Waals surface area contributed by atoms with Gasteiger partial charge >= 0.3 is 0 Å². The lowest BCUT2D eigenvalue weighted by molar-refractivity contribution is -0.116. The van der Waals surface area contributed by atoms with Gasteiger partial charge in [-0.1, -0.05) is 11.6 Å². The van der Waals surface area contributed by atoms with E-state index in [0.29, 0.717) is 6.54 Å². The minimum absolute atomic E-state index is 0.0678. The predicted molar refractivity (Wildman–Crippen MR) is 78.5 cm³/mol. The van der Waals surface area contributed by atoms with E-state index in [-0.39, 0.29) is 5.91 Å². The van der Waals surface area contributed by atoms with Gasteiger partial charge in [0.2, 0.25) is 5.91 Å². The smallest absolute Gasteiger partial charge is 0.244 e. The third kappa shape index (κ3) is 4.06. The minimum atomic E-state index is -0.0678. The summed E-state index contributed by atoms with van der Waals surface area (Å²) >= 11 is 0. The summed E-state index contributed by atoms with van der Waals surface area (Å²) in [5.74, 6) is 0.870. The molecule has 0 aliphatic carbocycles. The van der Waals surface area contributed by atoms with Crippen molar-refractivity contribution in [3.8, 4) is 0 Å². The van der Waals surface area contributed by atoms with Crippen LogP contribution >= 0.6 is 0 Å². The number of pyridine rings is 1. The Hall–Kier alpha value is -1.88. The maximum absolute atomic E-state index is 11.7. The highest BCUT2D eigenvalue weighted by Gasteiger charge is 2.15. The second-order valence-corrected chi connectivity index (χ2v) is 5.03. The number of carbonyl (C=O) groups excluding carboxylic acids is 1. The second-order valence-electron chi connectivity index (χ2n) is 5.03. The van der Waals surface area contributed by atoms with E-state index in [4.69, 9.17) is 4.74 Å². The molecule has 1 aromatic rings. The quantitative estimate of drug-likeness (QED) is 0.846. The Morgan fingerprint density at radius 3 is 2.90 bits per heavy atom. The van der Waals surface area contributed by atoms with E-state index < -0.39 is 0 Å². The molecule has 1 aromatic heterocycles. The molecule has 20 heavy (non-hydrogen) atoms. The van der Waals surface area contributed by atoms with Gasteiger partial charge in [0.05, 0.1) is 13.2 Å². The number of carbonyl (C=O) groups is 1. The fourth-order valence-corrected chi connectivity index (χ4v) is 2.12. The summed E-state index contributed by atoms with van der Waals surface area (Å²) in [5.41, 5.74) is 2.02. The topological polar surface area (TPSA) is 54.5 Å². The van der Waals surface area contributed by atoms with Gasteiger partial charge in [-0.25, -0.2) is 4.98 Å². The maximum Gasteiger partial charge on any atom is 0.244 e. The Bertz CT molecular complexity index is 490. The molecule has 2 rings (SSSR count). The van der Waals surface area contributed by atoms with Crippen LogP contribution in [0.2, 0.25) is 0 Å². The number of aromatic nitrogens is 1. The first-order valence-corrected chi connectivity index (χ1v) is 6.86. The average molecular weight is 275 g/mol. The molecule has 1 aliphatic heterocycles.